The van der Waals surface area contributed by atoms with Gasteiger partial charge in [-0.05, 0) is 32.6 Å². The minimum atomic E-state index is 0.616. The molecule has 0 unspecified atom stereocenters. The Morgan fingerprint density at radius 2 is 2.14 bits per heavy atom. The van der Waals surface area contributed by atoms with Crippen LogP contribution in [-0.4, -0.2) is 29.0 Å². The Kier molecular flexibility index (Phi) is 4.82. The van der Waals surface area contributed by atoms with Crippen LogP contribution in [0, 0.1) is 5.92 Å². The maximum absolute atomic E-state index is 5.52. The van der Waals surface area contributed by atoms with E-state index >= 15 is 0 Å². The highest BCUT2D eigenvalue weighted by atomic mass is 32.1. The summed E-state index contributed by atoms with van der Waals surface area (Å²) in [5.74, 6) is 0.934. The summed E-state index contributed by atoms with van der Waals surface area (Å²) >= 11 is 4.91. The number of hydrogen-bond acceptors (Lipinski definition) is 2. The summed E-state index contributed by atoms with van der Waals surface area (Å²) in [6, 6.07) is 0.616. The van der Waals surface area contributed by atoms with E-state index in [9.17, 15) is 0 Å². The maximum Gasteiger partial charge on any atom is 0.0740 e. The van der Waals surface area contributed by atoms with Gasteiger partial charge in [-0.3, -0.25) is 0 Å². The Bertz CT molecular complexity index is 188. The van der Waals surface area contributed by atoms with Crippen molar-refractivity contribution in [3.63, 3.8) is 0 Å². The number of rotatable bonds is 6. The molecule has 0 aromatic heterocycles. The summed E-state index contributed by atoms with van der Waals surface area (Å²) in [5, 5.41) is 0. The lowest BCUT2D eigenvalue weighted by Crippen LogP contribution is -2.39. The van der Waals surface area contributed by atoms with Crippen molar-refractivity contribution in [2.45, 2.75) is 45.6 Å². The van der Waals surface area contributed by atoms with Crippen LogP contribution in [0.5, 0.6) is 0 Å². The van der Waals surface area contributed by atoms with Gasteiger partial charge in [0.25, 0.3) is 0 Å². The number of nitrogens with two attached hydrogens (primary N) is 1. The molecule has 1 saturated carbocycles. The molecule has 3 heteroatoms. The third-order valence-electron chi connectivity index (χ3n) is 3.09. The molecule has 0 heterocycles. The van der Waals surface area contributed by atoms with Gasteiger partial charge in [0.2, 0.25) is 0 Å². The molecule has 82 valence electrons. The zero-order chi connectivity index (χ0) is 10.6. The van der Waals surface area contributed by atoms with Crippen molar-refractivity contribution in [1.29, 1.82) is 0 Å². The van der Waals surface area contributed by atoms with Crippen molar-refractivity contribution < 1.29 is 0 Å². The van der Waals surface area contributed by atoms with E-state index in [1.165, 1.54) is 25.8 Å². The topological polar surface area (TPSA) is 29.3 Å². The number of thiocarbonyl (C=S) groups is 1. The van der Waals surface area contributed by atoms with Gasteiger partial charge in [-0.1, -0.05) is 18.6 Å². The largest absolute Gasteiger partial charge is 0.393 e. The lowest BCUT2D eigenvalue weighted by atomic mass is 9.85. The highest BCUT2D eigenvalue weighted by Crippen LogP contribution is 2.27. The van der Waals surface area contributed by atoms with Crippen LogP contribution >= 0.6 is 12.2 Å². The van der Waals surface area contributed by atoms with Crippen LogP contribution in [0.25, 0.3) is 0 Å². The molecule has 0 radical (unpaired) electrons. The predicted molar refractivity (Wildman–Crippen MR) is 65.5 cm³/mol. The van der Waals surface area contributed by atoms with Crippen LogP contribution in [-0.2, 0) is 0 Å². The van der Waals surface area contributed by atoms with Gasteiger partial charge in [-0.2, -0.15) is 0 Å². The van der Waals surface area contributed by atoms with Gasteiger partial charge < -0.3 is 10.6 Å². The normalized spacial score (nSPS) is 17.4. The Hall–Kier alpha value is -0.150. The predicted octanol–water partition coefficient (Wildman–Crippen LogP) is 2.17. The average molecular weight is 214 g/mol. The van der Waals surface area contributed by atoms with Crippen molar-refractivity contribution in [2.24, 2.45) is 11.7 Å². The summed E-state index contributed by atoms with van der Waals surface area (Å²) in [6.45, 7) is 6.76. The molecule has 0 amide bonds. The number of nitrogens with zero attached hydrogens (tertiary/aromatic N) is 1. The van der Waals surface area contributed by atoms with Crippen LogP contribution in [0.4, 0.5) is 0 Å². The van der Waals surface area contributed by atoms with E-state index < -0.39 is 0 Å². The Labute approximate surface area is 92.8 Å². The van der Waals surface area contributed by atoms with Gasteiger partial charge in [0.1, 0.15) is 0 Å². The molecule has 0 spiro atoms. The first-order chi connectivity index (χ1) is 6.59. The molecule has 1 aliphatic carbocycles. The van der Waals surface area contributed by atoms with Gasteiger partial charge in [0, 0.05) is 25.6 Å². The van der Waals surface area contributed by atoms with Gasteiger partial charge in [0.05, 0.1) is 4.99 Å². The SMILES string of the molecule is CC(C)N(CCC(N)=S)CC1CCC1. The average Bonchev–Trinajstić information content (AvgIpc) is 1.99. The van der Waals surface area contributed by atoms with Crippen LogP contribution in [0.3, 0.4) is 0 Å². The van der Waals surface area contributed by atoms with Gasteiger partial charge in [-0.15, -0.1) is 0 Å². The summed E-state index contributed by atoms with van der Waals surface area (Å²) in [5.41, 5.74) is 5.52. The van der Waals surface area contributed by atoms with Crippen LogP contribution in [0.1, 0.15) is 39.5 Å². The second-order valence-electron chi connectivity index (χ2n) is 4.60. The molecule has 0 aromatic rings. The third-order valence-corrected chi connectivity index (χ3v) is 3.30. The molecular formula is C11H22N2S. The standard InChI is InChI=1S/C11H22N2S/c1-9(2)13(7-6-11(12)14)8-10-4-3-5-10/h9-10H,3-8H2,1-2H3,(H2,12,14). The fourth-order valence-corrected chi connectivity index (χ4v) is 1.91. The van der Waals surface area contributed by atoms with Crippen LogP contribution < -0.4 is 5.73 Å². The quantitative estimate of drug-likeness (QED) is 0.687. The molecule has 1 fully saturated rings. The van der Waals surface area contributed by atoms with E-state index in [1.807, 2.05) is 0 Å². The molecule has 0 saturated heterocycles. The molecule has 1 rings (SSSR count). The van der Waals surface area contributed by atoms with E-state index in [1.54, 1.807) is 0 Å². The Balaban J connectivity index is 2.26. The van der Waals surface area contributed by atoms with Gasteiger partial charge in [-0.25, -0.2) is 0 Å². The Morgan fingerprint density at radius 3 is 2.50 bits per heavy atom. The zero-order valence-electron chi connectivity index (χ0n) is 9.33. The van der Waals surface area contributed by atoms with E-state index in [0.717, 1.165) is 18.9 Å². The van der Waals surface area contributed by atoms with E-state index in [0.29, 0.717) is 11.0 Å². The number of hydrogen-bond donors (Lipinski definition) is 1. The second-order valence-corrected chi connectivity index (χ2v) is 5.13. The second kappa shape index (κ2) is 5.66. The van der Waals surface area contributed by atoms with Crippen molar-refractivity contribution in [2.75, 3.05) is 13.1 Å². The molecule has 2 nitrogen and oxygen atoms in total. The summed E-state index contributed by atoms with van der Waals surface area (Å²) in [4.78, 5) is 3.15. The smallest absolute Gasteiger partial charge is 0.0740 e. The van der Waals surface area contributed by atoms with E-state index in [4.69, 9.17) is 18.0 Å². The van der Waals surface area contributed by atoms with Crippen molar-refractivity contribution >= 4 is 17.2 Å². The Morgan fingerprint density at radius 1 is 1.50 bits per heavy atom. The maximum atomic E-state index is 5.52. The molecule has 2 N–H and O–H groups in total. The first-order valence-electron chi connectivity index (χ1n) is 5.62. The molecular weight excluding hydrogens is 192 g/mol. The molecule has 0 atom stereocenters. The van der Waals surface area contributed by atoms with E-state index in [2.05, 4.69) is 18.7 Å². The molecule has 0 aliphatic heterocycles. The fraction of sp³-hybridized carbons (Fsp3) is 0.909. The fourth-order valence-electron chi connectivity index (χ4n) is 1.82. The summed E-state index contributed by atoms with van der Waals surface area (Å²) in [7, 11) is 0. The first-order valence-corrected chi connectivity index (χ1v) is 6.02. The minimum absolute atomic E-state index is 0.616. The summed E-state index contributed by atoms with van der Waals surface area (Å²) < 4.78 is 0. The lowest BCUT2D eigenvalue weighted by Gasteiger charge is -2.34. The van der Waals surface area contributed by atoms with Crippen LogP contribution in [0.15, 0.2) is 0 Å². The van der Waals surface area contributed by atoms with Crippen LogP contribution in [0.2, 0.25) is 0 Å². The highest BCUT2D eigenvalue weighted by Gasteiger charge is 2.21. The minimum Gasteiger partial charge on any atom is -0.393 e. The molecule has 14 heavy (non-hydrogen) atoms. The van der Waals surface area contributed by atoms with Crippen molar-refractivity contribution in [1.82, 2.24) is 4.90 Å². The summed E-state index contributed by atoms with van der Waals surface area (Å²) in [6.07, 6.45) is 5.11. The third kappa shape index (κ3) is 3.93. The lowest BCUT2D eigenvalue weighted by molar-refractivity contribution is 0.151. The van der Waals surface area contributed by atoms with Gasteiger partial charge in [0.15, 0.2) is 0 Å². The first kappa shape index (κ1) is 11.9. The van der Waals surface area contributed by atoms with Crippen molar-refractivity contribution in [3.8, 4) is 0 Å². The van der Waals surface area contributed by atoms with E-state index in [-0.39, 0.29) is 0 Å². The molecule has 1 aliphatic rings. The monoisotopic (exact) mass is 214 g/mol. The zero-order valence-corrected chi connectivity index (χ0v) is 10.1. The van der Waals surface area contributed by atoms with Crippen molar-refractivity contribution in [3.05, 3.63) is 0 Å². The van der Waals surface area contributed by atoms with Gasteiger partial charge >= 0.3 is 0 Å². The molecule has 0 bridgehead atoms. The highest BCUT2D eigenvalue weighted by molar-refractivity contribution is 7.80. The molecule has 0 aromatic carbocycles.